The minimum atomic E-state index is -3.08. The number of fused-ring (bicyclic) bond motifs is 1. The van der Waals surface area contributed by atoms with Crippen LogP contribution >= 0.6 is 15.9 Å². The summed E-state index contributed by atoms with van der Waals surface area (Å²) in [6, 6.07) is 18.1. The molecular weight excluding hydrogens is 578 g/mol. The molecule has 1 aromatic heterocycles. The minimum absolute atomic E-state index is 0.0894. The Morgan fingerprint density at radius 1 is 1.08 bits per heavy atom. The summed E-state index contributed by atoms with van der Waals surface area (Å²) in [6.07, 6.45) is 2.37. The van der Waals surface area contributed by atoms with Gasteiger partial charge in [0, 0.05) is 31.2 Å². The van der Waals surface area contributed by atoms with Gasteiger partial charge in [-0.25, -0.2) is 13.4 Å². The van der Waals surface area contributed by atoms with Crippen molar-refractivity contribution in [1.82, 2.24) is 9.97 Å². The minimum Gasteiger partial charge on any atom is -0.494 e. The number of methoxy groups -OCH3 is 2. The quantitative estimate of drug-likeness (QED) is 0.180. The van der Waals surface area contributed by atoms with Crippen LogP contribution in [-0.2, 0) is 21.0 Å². The van der Waals surface area contributed by atoms with E-state index in [1.807, 2.05) is 30.3 Å². The monoisotopic (exact) mass is 613 g/mol. The second-order valence-electron chi connectivity index (χ2n) is 10.1. The van der Waals surface area contributed by atoms with Crippen molar-refractivity contribution in [3.05, 3.63) is 75.8 Å². The number of hydrogen-bond acceptors (Lipinski definition) is 6. The molecule has 0 radical (unpaired) electrons. The SMILES string of the molecule is COCCC(Nc1ccccc1CCS(C)(=O)=O)c1cc(OC)c2[nH]c(-c3ccc(C(C)C)cc3)nc2c1Br. The third-order valence-electron chi connectivity index (χ3n) is 6.84. The highest BCUT2D eigenvalue weighted by molar-refractivity contribution is 9.10. The summed E-state index contributed by atoms with van der Waals surface area (Å²) in [5, 5.41) is 3.65. The zero-order chi connectivity index (χ0) is 28.2. The van der Waals surface area contributed by atoms with Crippen molar-refractivity contribution in [2.75, 3.05) is 38.2 Å². The first-order chi connectivity index (χ1) is 18.6. The van der Waals surface area contributed by atoms with Crippen LogP contribution in [0.1, 0.15) is 48.9 Å². The molecule has 1 atom stereocenters. The van der Waals surface area contributed by atoms with E-state index in [0.29, 0.717) is 31.1 Å². The lowest BCUT2D eigenvalue weighted by Gasteiger charge is -2.24. The van der Waals surface area contributed by atoms with Crippen LogP contribution in [0.2, 0.25) is 0 Å². The van der Waals surface area contributed by atoms with Gasteiger partial charge in [0.15, 0.2) is 0 Å². The Bertz CT molecular complexity index is 1530. The van der Waals surface area contributed by atoms with Crippen LogP contribution in [0.3, 0.4) is 0 Å². The van der Waals surface area contributed by atoms with Gasteiger partial charge in [0.1, 0.15) is 32.4 Å². The van der Waals surface area contributed by atoms with Crippen LogP contribution in [-0.4, -0.2) is 51.2 Å². The zero-order valence-electron chi connectivity index (χ0n) is 23.0. The Hall–Kier alpha value is -2.88. The summed E-state index contributed by atoms with van der Waals surface area (Å²) >= 11 is 3.84. The van der Waals surface area contributed by atoms with E-state index in [1.165, 1.54) is 11.8 Å². The number of H-pyrrole nitrogens is 1. The number of hydrogen-bond donors (Lipinski definition) is 2. The van der Waals surface area contributed by atoms with Gasteiger partial charge in [-0.2, -0.15) is 0 Å². The summed E-state index contributed by atoms with van der Waals surface area (Å²) in [6.45, 7) is 4.89. The summed E-state index contributed by atoms with van der Waals surface area (Å²) in [5.74, 6) is 2.01. The highest BCUT2D eigenvalue weighted by atomic mass is 79.9. The van der Waals surface area contributed by atoms with E-state index in [0.717, 1.165) is 43.7 Å². The Labute approximate surface area is 239 Å². The lowest BCUT2D eigenvalue weighted by molar-refractivity contribution is 0.190. The molecule has 0 aliphatic rings. The third-order valence-corrected chi connectivity index (χ3v) is 8.62. The highest BCUT2D eigenvalue weighted by Gasteiger charge is 2.23. The Kier molecular flexibility index (Phi) is 9.35. The molecule has 0 saturated heterocycles. The van der Waals surface area contributed by atoms with Crippen LogP contribution in [0, 0.1) is 0 Å². The van der Waals surface area contributed by atoms with E-state index < -0.39 is 9.84 Å². The molecule has 208 valence electrons. The molecule has 3 aromatic carbocycles. The van der Waals surface area contributed by atoms with E-state index in [2.05, 4.69) is 64.3 Å². The molecule has 1 heterocycles. The summed E-state index contributed by atoms with van der Waals surface area (Å²) in [4.78, 5) is 8.41. The first-order valence-electron chi connectivity index (χ1n) is 13.0. The third kappa shape index (κ3) is 7.01. The van der Waals surface area contributed by atoms with Crippen molar-refractivity contribution in [1.29, 1.82) is 0 Å². The number of para-hydroxylation sites is 1. The second-order valence-corrected chi connectivity index (χ2v) is 13.1. The smallest absolute Gasteiger partial charge is 0.147 e. The number of sulfone groups is 1. The van der Waals surface area contributed by atoms with Gasteiger partial charge in [0.05, 0.1) is 23.4 Å². The molecule has 4 aromatic rings. The van der Waals surface area contributed by atoms with Crippen LogP contribution in [0.15, 0.2) is 59.1 Å². The molecular formula is C30H36BrN3O4S. The molecule has 9 heteroatoms. The predicted molar refractivity (Wildman–Crippen MR) is 163 cm³/mol. The van der Waals surface area contributed by atoms with Gasteiger partial charge in [-0.1, -0.05) is 56.3 Å². The topological polar surface area (TPSA) is 93.3 Å². The van der Waals surface area contributed by atoms with Crippen molar-refractivity contribution in [3.63, 3.8) is 0 Å². The molecule has 0 spiro atoms. The normalized spacial score (nSPS) is 12.7. The van der Waals surface area contributed by atoms with Crippen molar-refractivity contribution >= 4 is 42.5 Å². The maximum atomic E-state index is 11.8. The summed E-state index contributed by atoms with van der Waals surface area (Å²) in [7, 11) is 0.251. The molecule has 0 saturated carbocycles. The number of nitrogens with one attached hydrogen (secondary N) is 2. The van der Waals surface area contributed by atoms with Crippen molar-refractivity contribution in [2.45, 2.75) is 38.6 Å². The number of aryl methyl sites for hydroxylation is 1. The highest BCUT2D eigenvalue weighted by Crippen LogP contribution is 2.40. The van der Waals surface area contributed by atoms with E-state index in [1.54, 1.807) is 14.2 Å². The van der Waals surface area contributed by atoms with Crippen molar-refractivity contribution in [2.24, 2.45) is 0 Å². The molecule has 1 unspecified atom stereocenters. The van der Waals surface area contributed by atoms with E-state index in [-0.39, 0.29) is 11.8 Å². The van der Waals surface area contributed by atoms with E-state index in [9.17, 15) is 8.42 Å². The molecule has 0 aliphatic heterocycles. The molecule has 0 fully saturated rings. The lowest BCUT2D eigenvalue weighted by atomic mass is 10.0. The van der Waals surface area contributed by atoms with Crippen LogP contribution < -0.4 is 10.1 Å². The molecule has 0 aliphatic carbocycles. The standard InChI is InChI=1S/C30H36BrN3O4S/c1-19(2)20-10-12-22(13-11-20)30-33-28-26(38-4)18-23(27(31)29(28)34-30)25(14-16-37-3)32-24-9-7-6-8-21(24)15-17-39(5,35)36/h6-13,18-19,25,32H,14-17H2,1-5H3,(H,33,34). The number of anilines is 1. The fraction of sp³-hybridized carbons (Fsp3) is 0.367. The maximum Gasteiger partial charge on any atom is 0.147 e. The molecule has 7 nitrogen and oxygen atoms in total. The number of nitrogens with zero attached hydrogens (tertiary/aromatic N) is 1. The lowest BCUT2D eigenvalue weighted by Crippen LogP contribution is -2.16. The van der Waals surface area contributed by atoms with Crippen LogP contribution in [0.25, 0.3) is 22.4 Å². The van der Waals surface area contributed by atoms with Gasteiger partial charge in [-0.15, -0.1) is 0 Å². The van der Waals surface area contributed by atoms with Crippen molar-refractivity contribution in [3.8, 4) is 17.1 Å². The van der Waals surface area contributed by atoms with Gasteiger partial charge in [0.2, 0.25) is 0 Å². The van der Waals surface area contributed by atoms with Gasteiger partial charge in [0.25, 0.3) is 0 Å². The Balaban J connectivity index is 1.75. The number of rotatable bonds is 12. The van der Waals surface area contributed by atoms with Gasteiger partial charge in [-0.05, 0) is 63.5 Å². The molecule has 0 bridgehead atoms. The fourth-order valence-electron chi connectivity index (χ4n) is 4.60. The average molecular weight is 615 g/mol. The molecule has 0 amide bonds. The van der Waals surface area contributed by atoms with Crippen LogP contribution in [0.5, 0.6) is 5.75 Å². The largest absolute Gasteiger partial charge is 0.494 e. The van der Waals surface area contributed by atoms with E-state index in [4.69, 9.17) is 14.5 Å². The maximum absolute atomic E-state index is 11.8. The number of ether oxygens (including phenoxy) is 2. The summed E-state index contributed by atoms with van der Waals surface area (Å²) in [5.41, 5.74) is 6.68. The molecule has 39 heavy (non-hydrogen) atoms. The number of aromatic nitrogens is 2. The molecule has 2 N–H and O–H groups in total. The van der Waals surface area contributed by atoms with Crippen LogP contribution in [0.4, 0.5) is 5.69 Å². The Morgan fingerprint density at radius 3 is 2.44 bits per heavy atom. The number of aromatic amines is 1. The average Bonchev–Trinajstić information content (AvgIpc) is 3.37. The summed E-state index contributed by atoms with van der Waals surface area (Å²) < 4.78 is 35.8. The first-order valence-corrected chi connectivity index (χ1v) is 15.8. The van der Waals surface area contributed by atoms with E-state index >= 15 is 0 Å². The Morgan fingerprint density at radius 2 is 1.79 bits per heavy atom. The second kappa shape index (κ2) is 12.5. The van der Waals surface area contributed by atoms with Gasteiger partial charge >= 0.3 is 0 Å². The van der Waals surface area contributed by atoms with Gasteiger partial charge < -0.3 is 19.8 Å². The number of benzene rings is 3. The number of imidazole rings is 1. The predicted octanol–water partition coefficient (Wildman–Crippen LogP) is 6.90. The zero-order valence-corrected chi connectivity index (χ0v) is 25.4. The first kappa shape index (κ1) is 29.1. The molecule has 4 rings (SSSR count). The number of halogens is 1. The van der Waals surface area contributed by atoms with Gasteiger partial charge in [-0.3, -0.25) is 0 Å². The van der Waals surface area contributed by atoms with Crippen molar-refractivity contribution < 1.29 is 17.9 Å². The fourth-order valence-corrected chi connectivity index (χ4v) is 5.87.